The zero-order valence-corrected chi connectivity index (χ0v) is 7.81. The number of hydrogen-bond donors (Lipinski definition) is 1. The van der Waals surface area contributed by atoms with Gasteiger partial charge in [0.1, 0.15) is 0 Å². The van der Waals surface area contributed by atoms with Crippen LogP contribution in [-0.2, 0) is 4.74 Å². The van der Waals surface area contributed by atoms with Crippen LogP contribution in [-0.4, -0.2) is 24.8 Å². The maximum atomic E-state index is 5.67. The lowest BCUT2D eigenvalue weighted by Crippen LogP contribution is -2.43. The molecule has 1 fully saturated rings. The van der Waals surface area contributed by atoms with Crippen molar-refractivity contribution in [2.24, 2.45) is 0 Å². The lowest BCUT2D eigenvalue weighted by molar-refractivity contribution is -0.0650. The Bertz CT molecular complexity index is 113. The zero-order chi connectivity index (χ0) is 8.32. The van der Waals surface area contributed by atoms with Crippen molar-refractivity contribution >= 4 is 0 Å². The van der Waals surface area contributed by atoms with Crippen LogP contribution in [0, 0.1) is 0 Å². The average molecular weight is 157 g/mol. The van der Waals surface area contributed by atoms with E-state index in [4.69, 9.17) is 4.74 Å². The van der Waals surface area contributed by atoms with E-state index >= 15 is 0 Å². The monoisotopic (exact) mass is 157 g/mol. The van der Waals surface area contributed by atoms with Crippen molar-refractivity contribution in [3.05, 3.63) is 0 Å². The van der Waals surface area contributed by atoms with Crippen molar-refractivity contribution in [2.75, 3.05) is 13.2 Å². The Morgan fingerprint density at radius 3 is 2.73 bits per heavy atom. The van der Waals surface area contributed by atoms with Crippen LogP contribution in [0.15, 0.2) is 0 Å². The molecule has 1 rings (SSSR count). The molecule has 2 heteroatoms. The summed E-state index contributed by atoms with van der Waals surface area (Å²) in [6, 6.07) is 0.591. The highest BCUT2D eigenvalue weighted by atomic mass is 16.5. The van der Waals surface area contributed by atoms with Crippen LogP contribution >= 0.6 is 0 Å². The molecule has 1 heterocycles. The lowest BCUT2D eigenvalue weighted by Gasteiger charge is -2.35. The van der Waals surface area contributed by atoms with E-state index < -0.39 is 0 Å². The fourth-order valence-corrected chi connectivity index (χ4v) is 1.45. The number of ether oxygens (including phenoxy) is 1. The van der Waals surface area contributed by atoms with Gasteiger partial charge in [-0.05, 0) is 33.2 Å². The van der Waals surface area contributed by atoms with Gasteiger partial charge in [-0.1, -0.05) is 6.92 Å². The first kappa shape index (κ1) is 9.01. The largest absolute Gasteiger partial charge is 0.374 e. The molecule has 0 saturated carbocycles. The topological polar surface area (TPSA) is 21.3 Å². The van der Waals surface area contributed by atoms with Gasteiger partial charge in [-0.15, -0.1) is 0 Å². The Morgan fingerprint density at radius 2 is 2.27 bits per heavy atom. The van der Waals surface area contributed by atoms with Crippen LogP contribution < -0.4 is 5.32 Å². The molecular formula is C9H19NO. The van der Waals surface area contributed by atoms with Gasteiger partial charge in [-0.2, -0.15) is 0 Å². The first-order valence-electron chi connectivity index (χ1n) is 4.51. The molecule has 1 saturated heterocycles. The predicted octanol–water partition coefficient (Wildman–Crippen LogP) is 1.55. The minimum atomic E-state index is 0.117. The number of likely N-dealkylation sites (N-methyl/N-ethyl adjacent to an activating group) is 1. The van der Waals surface area contributed by atoms with Crippen molar-refractivity contribution in [2.45, 2.75) is 45.3 Å². The van der Waals surface area contributed by atoms with Crippen LogP contribution in [0.1, 0.15) is 33.6 Å². The summed E-state index contributed by atoms with van der Waals surface area (Å²) >= 11 is 0. The molecule has 1 atom stereocenters. The maximum absolute atomic E-state index is 5.67. The van der Waals surface area contributed by atoms with E-state index in [-0.39, 0.29) is 5.60 Å². The molecule has 0 spiro atoms. The fourth-order valence-electron chi connectivity index (χ4n) is 1.45. The smallest absolute Gasteiger partial charge is 0.0627 e. The summed E-state index contributed by atoms with van der Waals surface area (Å²) in [5.41, 5.74) is 0.117. The molecule has 0 aromatic carbocycles. The molecule has 1 aliphatic heterocycles. The summed E-state index contributed by atoms with van der Waals surface area (Å²) in [5, 5.41) is 3.40. The summed E-state index contributed by atoms with van der Waals surface area (Å²) in [6.07, 6.45) is 2.42. The van der Waals surface area contributed by atoms with Gasteiger partial charge >= 0.3 is 0 Å². The third kappa shape index (κ3) is 2.80. The zero-order valence-electron chi connectivity index (χ0n) is 7.81. The first-order valence-corrected chi connectivity index (χ1v) is 4.51. The van der Waals surface area contributed by atoms with Gasteiger partial charge in [0, 0.05) is 6.04 Å². The van der Waals surface area contributed by atoms with Gasteiger partial charge in [0.15, 0.2) is 0 Å². The van der Waals surface area contributed by atoms with Gasteiger partial charge < -0.3 is 10.1 Å². The highest BCUT2D eigenvalue weighted by molar-refractivity contribution is 4.80. The van der Waals surface area contributed by atoms with Crippen molar-refractivity contribution in [1.82, 2.24) is 5.32 Å². The Balaban J connectivity index is 2.25. The van der Waals surface area contributed by atoms with Crippen LogP contribution in [0.4, 0.5) is 0 Å². The van der Waals surface area contributed by atoms with Crippen LogP contribution in [0.5, 0.6) is 0 Å². The van der Waals surface area contributed by atoms with Gasteiger partial charge in [0.25, 0.3) is 0 Å². The van der Waals surface area contributed by atoms with Gasteiger partial charge in [0.05, 0.1) is 12.2 Å². The molecule has 1 aliphatic rings. The molecule has 1 N–H and O–H groups in total. The SMILES string of the molecule is CCNC1CCC(C)(C)OC1. The van der Waals surface area contributed by atoms with E-state index in [0.29, 0.717) is 6.04 Å². The second kappa shape index (κ2) is 3.55. The summed E-state index contributed by atoms with van der Waals surface area (Å²) in [6.45, 7) is 8.39. The van der Waals surface area contributed by atoms with Crippen LogP contribution in [0.2, 0.25) is 0 Å². The molecule has 2 nitrogen and oxygen atoms in total. The normalized spacial score (nSPS) is 30.3. The minimum Gasteiger partial charge on any atom is -0.374 e. The average Bonchev–Trinajstić information content (AvgIpc) is 1.94. The fraction of sp³-hybridized carbons (Fsp3) is 1.00. The molecule has 0 radical (unpaired) electrons. The number of rotatable bonds is 2. The molecule has 0 aromatic rings. The molecule has 11 heavy (non-hydrogen) atoms. The molecular weight excluding hydrogens is 138 g/mol. The lowest BCUT2D eigenvalue weighted by atomic mass is 9.96. The van der Waals surface area contributed by atoms with E-state index in [2.05, 4.69) is 26.1 Å². The number of hydrogen-bond acceptors (Lipinski definition) is 2. The highest BCUT2D eigenvalue weighted by Gasteiger charge is 2.26. The second-order valence-corrected chi connectivity index (χ2v) is 3.86. The van der Waals surface area contributed by atoms with E-state index in [9.17, 15) is 0 Å². The quantitative estimate of drug-likeness (QED) is 0.656. The van der Waals surface area contributed by atoms with Crippen molar-refractivity contribution in [3.63, 3.8) is 0 Å². The molecule has 1 unspecified atom stereocenters. The molecule has 0 bridgehead atoms. The first-order chi connectivity index (χ1) is 5.14. The van der Waals surface area contributed by atoms with Crippen molar-refractivity contribution < 1.29 is 4.74 Å². The van der Waals surface area contributed by atoms with E-state index in [0.717, 1.165) is 13.2 Å². The third-order valence-corrected chi connectivity index (χ3v) is 2.26. The van der Waals surface area contributed by atoms with Crippen molar-refractivity contribution in [3.8, 4) is 0 Å². The highest BCUT2D eigenvalue weighted by Crippen LogP contribution is 2.23. The van der Waals surface area contributed by atoms with Crippen LogP contribution in [0.25, 0.3) is 0 Å². The van der Waals surface area contributed by atoms with E-state index in [1.54, 1.807) is 0 Å². The third-order valence-electron chi connectivity index (χ3n) is 2.26. The van der Waals surface area contributed by atoms with Crippen molar-refractivity contribution in [1.29, 1.82) is 0 Å². The van der Waals surface area contributed by atoms with Crippen LogP contribution in [0.3, 0.4) is 0 Å². The van der Waals surface area contributed by atoms with Gasteiger partial charge in [-0.25, -0.2) is 0 Å². The number of nitrogens with one attached hydrogen (secondary N) is 1. The summed E-state index contributed by atoms with van der Waals surface area (Å²) < 4.78 is 5.67. The second-order valence-electron chi connectivity index (χ2n) is 3.86. The van der Waals surface area contributed by atoms with E-state index in [1.165, 1.54) is 12.8 Å². The van der Waals surface area contributed by atoms with Gasteiger partial charge in [-0.3, -0.25) is 0 Å². The molecule has 0 aromatic heterocycles. The molecule has 0 aliphatic carbocycles. The Morgan fingerprint density at radius 1 is 1.55 bits per heavy atom. The minimum absolute atomic E-state index is 0.117. The Labute approximate surface area is 69.3 Å². The van der Waals surface area contributed by atoms with Gasteiger partial charge in [0.2, 0.25) is 0 Å². The van der Waals surface area contributed by atoms with E-state index in [1.807, 2.05) is 0 Å². The summed E-state index contributed by atoms with van der Waals surface area (Å²) in [7, 11) is 0. The predicted molar refractivity (Wildman–Crippen MR) is 46.7 cm³/mol. The summed E-state index contributed by atoms with van der Waals surface area (Å²) in [4.78, 5) is 0. The summed E-state index contributed by atoms with van der Waals surface area (Å²) in [5.74, 6) is 0. The standard InChI is InChI=1S/C9H19NO/c1-4-10-8-5-6-9(2,3)11-7-8/h8,10H,4-7H2,1-3H3. The Kier molecular flexibility index (Phi) is 2.90. The Hall–Kier alpha value is -0.0800. The maximum Gasteiger partial charge on any atom is 0.0627 e. The molecule has 0 amide bonds. The molecule has 66 valence electrons.